The van der Waals surface area contributed by atoms with Gasteiger partial charge in [-0.2, -0.15) is 0 Å². The van der Waals surface area contributed by atoms with Gasteiger partial charge in [0, 0.05) is 18.7 Å². The Morgan fingerprint density at radius 1 is 1.16 bits per heavy atom. The summed E-state index contributed by atoms with van der Waals surface area (Å²) in [4.78, 5) is 23.0. The number of thiophene rings is 1. The van der Waals surface area contributed by atoms with Crippen molar-refractivity contribution in [3.05, 3.63) is 70.5 Å². The van der Waals surface area contributed by atoms with Gasteiger partial charge in [-0.15, -0.1) is 11.3 Å². The summed E-state index contributed by atoms with van der Waals surface area (Å²) in [7, 11) is 0. The van der Waals surface area contributed by atoms with E-state index < -0.39 is 0 Å². The van der Waals surface area contributed by atoms with E-state index in [0.29, 0.717) is 12.3 Å². The van der Waals surface area contributed by atoms with Crippen LogP contribution in [0.5, 0.6) is 0 Å². The third-order valence-electron chi connectivity index (χ3n) is 6.22. The number of carbonyl (C=O) groups is 1. The first-order valence-corrected chi connectivity index (χ1v) is 11.7. The van der Waals surface area contributed by atoms with E-state index in [4.69, 9.17) is 4.98 Å². The Hall–Kier alpha value is -2.83. The smallest absolute Gasteiger partial charge is 0.173 e. The van der Waals surface area contributed by atoms with Crippen LogP contribution in [0.3, 0.4) is 0 Å². The Labute approximate surface area is 185 Å². The number of imidazole rings is 1. The van der Waals surface area contributed by atoms with Gasteiger partial charge in [-0.1, -0.05) is 24.6 Å². The fraction of sp³-hybridized carbons (Fsp3) is 0.320. The van der Waals surface area contributed by atoms with E-state index in [0.717, 1.165) is 58.7 Å². The molecule has 0 saturated heterocycles. The number of carbonyl (C=O) groups excluding carboxylic acids is 1. The maximum Gasteiger partial charge on any atom is 0.173 e. The number of hydrogen-bond donors (Lipinski definition) is 1. The van der Waals surface area contributed by atoms with Gasteiger partial charge in [0.2, 0.25) is 0 Å². The molecule has 158 valence electrons. The minimum atomic E-state index is -0.00193. The Bertz CT molecular complexity index is 1180. The standard InChI is InChI=1S/C25H25N3O2S/c29-16-18-9-10-22-21(14-18)27-25(20-7-1-2-11-26-20)28(22)19-6-3-5-17(13-19)15-23(30)24-8-4-12-31-24/h1-2,4,7-12,14,17,19,29H,3,5-6,13,15-16H2/t17-,19+/m0/s1. The molecule has 5 rings (SSSR count). The van der Waals surface area contributed by atoms with Crippen molar-refractivity contribution in [1.82, 2.24) is 14.5 Å². The highest BCUT2D eigenvalue weighted by Gasteiger charge is 2.29. The predicted molar refractivity (Wildman–Crippen MR) is 123 cm³/mol. The minimum absolute atomic E-state index is 0.00193. The van der Waals surface area contributed by atoms with Crippen LogP contribution in [-0.2, 0) is 6.61 Å². The lowest BCUT2D eigenvalue weighted by Crippen LogP contribution is -2.22. The molecule has 0 spiro atoms. The van der Waals surface area contributed by atoms with Crippen LogP contribution in [0, 0.1) is 5.92 Å². The number of aromatic nitrogens is 3. The van der Waals surface area contributed by atoms with Gasteiger partial charge in [-0.25, -0.2) is 4.98 Å². The van der Waals surface area contributed by atoms with Gasteiger partial charge in [0.15, 0.2) is 11.6 Å². The molecular weight excluding hydrogens is 406 g/mol. The van der Waals surface area contributed by atoms with E-state index in [1.807, 2.05) is 47.8 Å². The molecule has 0 aliphatic heterocycles. The quantitative estimate of drug-likeness (QED) is 0.400. The second-order valence-electron chi connectivity index (χ2n) is 8.29. The highest BCUT2D eigenvalue weighted by Crippen LogP contribution is 2.39. The van der Waals surface area contributed by atoms with Crippen LogP contribution < -0.4 is 0 Å². The minimum Gasteiger partial charge on any atom is -0.392 e. The number of aliphatic hydroxyl groups excluding tert-OH is 1. The number of Topliss-reactive ketones (excluding diaryl/α,β-unsaturated/α-hetero) is 1. The van der Waals surface area contributed by atoms with Crippen LogP contribution >= 0.6 is 11.3 Å². The molecule has 31 heavy (non-hydrogen) atoms. The lowest BCUT2D eigenvalue weighted by atomic mass is 9.82. The molecular formula is C25H25N3O2S. The van der Waals surface area contributed by atoms with Gasteiger partial charge in [-0.3, -0.25) is 9.78 Å². The fourth-order valence-corrected chi connectivity index (χ4v) is 5.45. The maximum absolute atomic E-state index is 12.7. The van der Waals surface area contributed by atoms with Gasteiger partial charge >= 0.3 is 0 Å². The highest BCUT2D eigenvalue weighted by molar-refractivity contribution is 7.12. The van der Waals surface area contributed by atoms with Crippen molar-refractivity contribution in [2.45, 2.75) is 44.8 Å². The average Bonchev–Trinajstić information content (AvgIpc) is 3.47. The van der Waals surface area contributed by atoms with Crippen molar-refractivity contribution in [2.75, 3.05) is 0 Å². The summed E-state index contributed by atoms with van der Waals surface area (Å²) in [6, 6.07) is 16.0. The summed E-state index contributed by atoms with van der Waals surface area (Å²) in [5, 5.41) is 11.5. The second kappa shape index (κ2) is 8.73. The molecule has 1 N–H and O–H groups in total. The molecule has 5 nitrogen and oxygen atoms in total. The highest BCUT2D eigenvalue weighted by atomic mass is 32.1. The summed E-state index contributed by atoms with van der Waals surface area (Å²) in [5.74, 6) is 1.49. The van der Waals surface area contributed by atoms with Gasteiger partial charge in [0.1, 0.15) is 5.69 Å². The number of rotatable bonds is 6. The van der Waals surface area contributed by atoms with Crippen molar-refractivity contribution in [2.24, 2.45) is 5.92 Å². The molecule has 1 aromatic carbocycles. The predicted octanol–water partition coefficient (Wildman–Crippen LogP) is 5.66. The molecule has 1 aliphatic carbocycles. The zero-order valence-corrected chi connectivity index (χ0v) is 18.1. The lowest BCUT2D eigenvalue weighted by Gasteiger charge is -2.31. The summed E-state index contributed by atoms with van der Waals surface area (Å²) >= 11 is 1.53. The van der Waals surface area contributed by atoms with E-state index in [9.17, 15) is 9.90 Å². The number of hydrogen-bond acceptors (Lipinski definition) is 5. The third-order valence-corrected chi connectivity index (χ3v) is 7.13. The molecule has 1 fully saturated rings. The number of nitrogens with zero attached hydrogens (tertiary/aromatic N) is 3. The van der Waals surface area contributed by atoms with Crippen LogP contribution in [0.25, 0.3) is 22.6 Å². The van der Waals surface area contributed by atoms with Gasteiger partial charge in [-0.05, 0) is 66.5 Å². The van der Waals surface area contributed by atoms with Gasteiger partial charge < -0.3 is 9.67 Å². The Kier molecular flexibility index (Phi) is 5.66. The first-order valence-electron chi connectivity index (χ1n) is 10.8. The number of pyridine rings is 1. The van der Waals surface area contributed by atoms with Crippen molar-refractivity contribution < 1.29 is 9.90 Å². The monoisotopic (exact) mass is 431 g/mol. The van der Waals surface area contributed by atoms with Crippen molar-refractivity contribution in [1.29, 1.82) is 0 Å². The van der Waals surface area contributed by atoms with Crippen LogP contribution in [0.15, 0.2) is 60.1 Å². The summed E-state index contributed by atoms with van der Waals surface area (Å²) < 4.78 is 2.32. The largest absolute Gasteiger partial charge is 0.392 e. The van der Waals surface area contributed by atoms with E-state index in [2.05, 4.69) is 15.6 Å². The molecule has 0 radical (unpaired) electrons. The van der Waals surface area contributed by atoms with E-state index in [-0.39, 0.29) is 18.4 Å². The topological polar surface area (TPSA) is 68.0 Å². The van der Waals surface area contributed by atoms with Gasteiger partial charge in [0.05, 0.1) is 22.5 Å². The van der Waals surface area contributed by atoms with Crippen LogP contribution in [0.4, 0.5) is 0 Å². The molecule has 4 aromatic rings. The molecule has 1 aliphatic rings. The van der Waals surface area contributed by atoms with Crippen LogP contribution in [0.1, 0.15) is 53.4 Å². The summed E-state index contributed by atoms with van der Waals surface area (Å²) in [6.07, 6.45) is 6.62. The molecule has 0 amide bonds. The average molecular weight is 432 g/mol. The normalized spacial score (nSPS) is 19.0. The lowest BCUT2D eigenvalue weighted by molar-refractivity contribution is 0.0946. The van der Waals surface area contributed by atoms with Crippen LogP contribution in [-0.4, -0.2) is 25.4 Å². The second-order valence-corrected chi connectivity index (χ2v) is 9.24. The first-order chi connectivity index (χ1) is 15.2. The summed E-state index contributed by atoms with van der Waals surface area (Å²) in [5.41, 5.74) is 3.64. The Morgan fingerprint density at radius 2 is 2.10 bits per heavy atom. The zero-order valence-electron chi connectivity index (χ0n) is 17.3. The summed E-state index contributed by atoms with van der Waals surface area (Å²) in [6.45, 7) is -0.00193. The van der Waals surface area contributed by atoms with E-state index in [1.54, 1.807) is 6.20 Å². The molecule has 6 heteroatoms. The number of fused-ring (bicyclic) bond motifs is 1. The molecule has 3 heterocycles. The molecule has 3 aromatic heterocycles. The van der Waals surface area contributed by atoms with Gasteiger partial charge in [0.25, 0.3) is 0 Å². The molecule has 2 atom stereocenters. The Balaban J connectivity index is 1.50. The van der Waals surface area contributed by atoms with Crippen molar-refractivity contribution in [3.63, 3.8) is 0 Å². The Morgan fingerprint density at radius 3 is 2.87 bits per heavy atom. The van der Waals surface area contributed by atoms with Crippen molar-refractivity contribution in [3.8, 4) is 11.5 Å². The SMILES string of the molecule is O=C(C[C@H]1CCC[C@@H](n2c(-c3ccccn3)nc3cc(CO)ccc32)C1)c1cccs1. The number of aliphatic hydroxyl groups is 1. The van der Waals surface area contributed by atoms with E-state index >= 15 is 0 Å². The maximum atomic E-state index is 12.7. The van der Waals surface area contributed by atoms with E-state index in [1.165, 1.54) is 11.3 Å². The molecule has 0 unspecified atom stereocenters. The van der Waals surface area contributed by atoms with Crippen molar-refractivity contribution >= 4 is 28.2 Å². The zero-order chi connectivity index (χ0) is 21.2. The fourth-order valence-electron chi connectivity index (χ4n) is 4.77. The number of benzene rings is 1. The first kappa shape index (κ1) is 20.1. The third kappa shape index (κ3) is 4.05. The molecule has 1 saturated carbocycles. The van der Waals surface area contributed by atoms with Crippen LogP contribution in [0.2, 0.25) is 0 Å². The molecule has 0 bridgehead atoms. The number of ketones is 1.